The van der Waals surface area contributed by atoms with Gasteiger partial charge in [0.2, 0.25) is 0 Å². The highest BCUT2D eigenvalue weighted by Crippen LogP contribution is 2.31. The van der Waals surface area contributed by atoms with Gasteiger partial charge in [-0.1, -0.05) is 12.1 Å². The number of rotatable bonds is 1. The highest BCUT2D eigenvalue weighted by Gasteiger charge is 2.15. The minimum atomic E-state index is -0.380. The molecular formula is C12H10FN3O. The Morgan fingerprint density at radius 3 is 2.88 bits per heavy atom. The van der Waals surface area contributed by atoms with Crippen molar-refractivity contribution in [3.05, 3.63) is 36.3 Å². The van der Waals surface area contributed by atoms with Crippen molar-refractivity contribution in [3.8, 4) is 11.5 Å². The van der Waals surface area contributed by atoms with Crippen LogP contribution in [-0.2, 0) is 7.05 Å². The van der Waals surface area contributed by atoms with E-state index in [0.29, 0.717) is 22.5 Å². The highest BCUT2D eigenvalue weighted by atomic mass is 19.1. The van der Waals surface area contributed by atoms with E-state index in [1.807, 2.05) is 0 Å². The fourth-order valence-electron chi connectivity index (χ4n) is 1.90. The zero-order valence-electron chi connectivity index (χ0n) is 9.14. The molecule has 0 atom stereocenters. The van der Waals surface area contributed by atoms with Crippen molar-refractivity contribution >= 4 is 16.7 Å². The quantitative estimate of drug-likeness (QED) is 0.700. The second-order valence-corrected chi connectivity index (χ2v) is 3.84. The lowest BCUT2D eigenvalue weighted by molar-refractivity contribution is 0.564. The molecule has 17 heavy (non-hydrogen) atoms. The van der Waals surface area contributed by atoms with Crippen molar-refractivity contribution in [2.45, 2.75) is 0 Å². The molecule has 0 amide bonds. The van der Waals surface area contributed by atoms with Gasteiger partial charge in [-0.3, -0.25) is 4.68 Å². The molecule has 0 spiro atoms. The van der Waals surface area contributed by atoms with Crippen LogP contribution in [0.5, 0.6) is 0 Å². The first-order valence-corrected chi connectivity index (χ1v) is 5.12. The fourth-order valence-corrected chi connectivity index (χ4v) is 1.90. The number of nitrogens with two attached hydrogens (primary N) is 1. The molecule has 0 saturated heterocycles. The molecule has 0 bridgehead atoms. The van der Waals surface area contributed by atoms with Gasteiger partial charge in [-0.05, 0) is 12.1 Å². The summed E-state index contributed by atoms with van der Waals surface area (Å²) in [6.45, 7) is 0. The van der Waals surface area contributed by atoms with Gasteiger partial charge in [0.25, 0.3) is 0 Å². The molecule has 3 aromatic rings. The summed E-state index contributed by atoms with van der Waals surface area (Å²) in [5.41, 5.74) is 7.19. The van der Waals surface area contributed by atoms with E-state index in [9.17, 15) is 4.39 Å². The van der Waals surface area contributed by atoms with Crippen LogP contribution in [0.4, 0.5) is 10.1 Å². The third kappa shape index (κ3) is 1.39. The molecule has 4 nitrogen and oxygen atoms in total. The van der Waals surface area contributed by atoms with Gasteiger partial charge in [0.15, 0.2) is 17.2 Å². The SMILES string of the molecule is Cn1ncc(N)c1-c1cc2cccc(F)c2o1. The fraction of sp³-hybridized carbons (Fsp3) is 0.0833. The molecule has 5 heteroatoms. The molecule has 0 saturated carbocycles. The van der Waals surface area contributed by atoms with Crippen molar-refractivity contribution in [1.82, 2.24) is 9.78 Å². The Kier molecular flexibility index (Phi) is 1.95. The van der Waals surface area contributed by atoms with Gasteiger partial charge >= 0.3 is 0 Å². The maximum Gasteiger partial charge on any atom is 0.170 e. The first kappa shape index (κ1) is 9.89. The van der Waals surface area contributed by atoms with Crippen molar-refractivity contribution in [3.63, 3.8) is 0 Å². The van der Waals surface area contributed by atoms with Crippen LogP contribution in [0.2, 0.25) is 0 Å². The third-order valence-corrected chi connectivity index (χ3v) is 2.70. The number of benzene rings is 1. The monoisotopic (exact) mass is 231 g/mol. The normalized spacial score (nSPS) is 11.2. The summed E-state index contributed by atoms with van der Waals surface area (Å²) in [5.74, 6) is 0.136. The van der Waals surface area contributed by atoms with Crippen LogP contribution < -0.4 is 5.73 Å². The molecule has 0 aliphatic rings. The molecule has 0 aliphatic carbocycles. The number of hydrogen-bond acceptors (Lipinski definition) is 3. The predicted octanol–water partition coefficient (Wildman–Crippen LogP) is 2.55. The van der Waals surface area contributed by atoms with Crippen molar-refractivity contribution in [2.24, 2.45) is 7.05 Å². The molecule has 2 heterocycles. The standard InChI is InChI=1S/C12H10FN3O/c1-16-11(9(14)6-15-16)10-5-7-3-2-4-8(13)12(7)17-10/h2-6H,14H2,1H3. The van der Waals surface area contributed by atoms with Crippen LogP contribution in [0.25, 0.3) is 22.4 Å². The predicted molar refractivity (Wildman–Crippen MR) is 62.8 cm³/mol. The molecule has 3 rings (SSSR count). The van der Waals surface area contributed by atoms with E-state index in [4.69, 9.17) is 10.2 Å². The Labute approximate surface area is 96.4 Å². The summed E-state index contributed by atoms with van der Waals surface area (Å²) < 4.78 is 20.6. The molecule has 0 radical (unpaired) electrons. The first-order valence-electron chi connectivity index (χ1n) is 5.12. The first-order chi connectivity index (χ1) is 8.16. The average molecular weight is 231 g/mol. The number of fused-ring (bicyclic) bond motifs is 1. The van der Waals surface area contributed by atoms with E-state index >= 15 is 0 Å². The summed E-state index contributed by atoms with van der Waals surface area (Å²) in [6.07, 6.45) is 1.54. The Bertz CT molecular complexity index is 679. The number of hydrogen-bond donors (Lipinski definition) is 1. The lowest BCUT2D eigenvalue weighted by atomic mass is 10.2. The summed E-state index contributed by atoms with van der Waals surface area (Å²) in [7, 11) is 1.76. The molecule has 2 aromatic heterocycles. The van der Waals surface area contributed by atoms with Crippen LogP contribution in [0, 0.1) is 5.82 Å². The summed E-state index contributed by atoms with van der Waals surface area (Å²) in [5, 5.41) is 4.73. The van der Waals surface area contributed by atoms with Gasteiger partial charge in [-0.15, -0.1) is 0 Å². The number of para-hydroxylation sites is 1. The van der Waals surface area contributed by atoms with Gasteiger partial charge in [-0.2, -0.15) is 5.10 Å². The Morgan fingerprint density at radius 2 is 2.24 bits per heavy atom. The van der Waals surface area contributed by atoms with Gasteiger partial charge < -0.3 is 10.2 Å². The number of nitrogens with zero attached hydrogens (tertiary/aromatic N) is 2. The Morgan fingerprint density at radius 1 is 1.41 bits per heavy atom. The molecular weight excluding hydrogens is 221 g/mol. The van der Waals surface area contributed by atoms with Gasteiger partial charge in [0.1, 0.15) is 5.69 Å². The van der Waals surface area contributed by atoms with E-state index < -0.39 is 0 Å². The van der Waals surface area contributed by atoms with E-state index in [0.717, 1.165) is 0 Å². The lowest BCUT2D eigenvalue weighted by Crippen LogP contribution is -1.94. The molecule has 2 N–H and O–H groups in total. The van der Waals surface area contributed by atoms with Crippen LogP contribution in [0.3, 0.4) is 0 Å². The number of nitrogen functional groups attached to an aromatic ring is 1. The largest absolute Gasteiger partial charge is 0.451 e. The zero-order valence-corrected chi connectivity index (χ0v) is 9.14. The molecule has 0 fully saturated rings. The maximum absolute atomic E-state index is 13.5. The topological polar surface area (TPSA) is 57.0 Å². The summed E-state index contributed by atoms with van der Waals surface area (Å²) in [6, 6.07) is 6.55. The van der Waals surface area contributed by atoms with Crippen LogP contribution in [-0.4, -0.2) is 9.78 Å². The van der Waals surface area contributed by atoms with Crippen LogP contribution >= 0.6 is 0 Å². The van der Waals surface area contributed by atoms with Crippen LogP contribution in [0.1, 0.15) is 0 Å². The lowest BCUT2D eigenvalue weighted by Gasteiger charge is -1.98. The van der Waals surface area contributed by atoms with E-state index in [1.165, 1.54) is 6.07 Å². The molecule has 0 aliphatic heterocycles. The Balaban J connectivity index is 2.29. The molecule has 1 aromatic carbocycles. The van der Waals surface area contributed by atoms with Gasteiger partial charge in [-0.25, -0.2) is 4.39 Å². The van der Waals surface area contributed by atoms with Gasteiger partial charge in [0.05, 0.1) is 11.9 Å². The smallest absolute Gasteiger partial charge is 0.170 e. The molecule has 86 valence electrons. The van der Waals surface area contributed by atoms with Crippen LogP contribution in [0.15, 0.2) is 34.9 Å². The second kappa shape index (κ2) is 3.35. The summed E-state index contributed by atoms with van der Waals surface area (Å²) in [4.78, 5) is 0. The third-order valence-electron chi connectivity index (χ3n) is 2.70. The van der Waals surface area contributed by atoms with E-state index in [2.05, 4.69) is 5.10 Å². The van der Waals surface area contributed by atoms with Crippen molar-refractivity contribution in [1.29, 1.82) is 0 Å². The Hall–Kier alpha value is -2.30. The maximum atomic E-state index is 13.5. The number of aryl methyl sites for hydroxylation is 1. The van der Waals surface area contributed by atoms with E-state index in [-0.39, 0.29) is 11.4 Å². The number of anilines is 1. The minimum absolute atomic E-state index is 0.239. The highest BCUT2D eigenvalue weighted by molar-refractivity contribution is 5.84. The molecule has 0 unspecified atom stereocenters. The minimum Gasteiger partial charge on any atom is -0.451 e. The average Bonchev–Trinajstić information content (AvgIpc) is 2.84. The van der Waals surface area contributed by atoms with Crippen molar-refractivity contribution < 1.29 is 8.81 Å². The summed E-state index contributed by atoms with van der Waals surface area (Å²) >= 11 is 0. The van der Waals surface area contributed by atoms with Gasteiger partial charge in [0, 0.05) is 12.4 Å². The van der Waals surface area contributed by atoms with Crippen molar-refractivity contribution in [2.75, 3.05) is 5.73 Å². The number of halogens is 1. The number of aromatic nitrogens is 2. The zero-order chi connectivity index (χ0) is 12.0. The second-order valence-electron chi connectivity index (χ2n) is 3.84. The number of furan rings is 1. The van der Waals surface area contributed by atoms with E-state index in [1.54, 1.807) is 36.1 Å².